The van der Waals surface area contributed by atoms with Crippen LogP contribution in [0.1, 0.15) is 91.9 Å². The molecule has 192 valence electrons. The Kier molecular flexibility index (Phi) is 6.55. The van der Waals surface area contributed by atoms with E-state index in [2.05, 4.69) is 0 Å². The van der Waals surface area contributed by atoms with Crippen LogP contribution in [-0.2, 0) is 19.1 Å². The number of aliphatic hydroxyl groups is 2. The van der Waals surface area contributed by atoms with Crippen LogP contribution in [-0.4, -0.2) is 51.7 Å². The van der Waals surface area contributed by atoms with Crippen molar-refractivity contribution in [2.75, 3.05) is 6.61 Å². The van der Waals surface area contributed by atoms with E-state index < -0.39 is 52.5 Å². The largest absolute Gasteiger partial charge is 0.450 e. The standard InChI is InChI=1S/C27H41FO6/c1-5-6-7-23(33)34-27(22(32)15-29)16(2)12-20-19-9-8-17-13-18(30)14-21(31)25(17,4)26(19,28)11-10-24(20,27)3/h16-17,19-21,29,31H,5-15H2,1-4H3/t16-,17-,19+,20+,21-,24+,25-,26-,27-/m1/s1. The number of Topliss-reactive ketones (excluding diaryl/α,β-unsaturated/α-hetero) is 2. The molecular weight excluding hydrogens is 439 g/mol. The molecule has 2 N–H and O–H groups in total. The van der Waals surface area contributed by atoms with Gasteiger partial charge in [-0.25, -0.2) is 4.39 Å². The molecule has 0 unspecified atom stereocenters. The van der Waals surface area contributed by atoms with Crippen molar-refractivity contribution in [2.45, 2.75) is 109 Å². The maximum atomic E-state index is 17.3. The Morgan fingerprint density at radius 2 is 1.85 bits per heavy atom. The van der Waals surface area contributed by atoms with Crippen molar-refractivity contribution in [2.24, 2.45) is 34.5 Å². The molecule has 9 atom stereocenters. The van der Waals surface area contributed by atoms with E-state index >= 15 is 4.39 Å². The molecule has 0 aliphatic heterocycles. The number of hydrogen-bond donors (Lipinski definition) is 2. The molecule has 6 nitrogen and oxygen atoms in total. The average Bonchev–Trinajstić information content (AvgIpc) is 3.01. The Hall–Kier alpha value is -1.34. The van der Waals surface area contributed by atoms with E-state index in [9.17, 15) is 24.6 Å². The molecule has 0 aromatic carbocycles. The molecule has 4 rings (SSSR count). The molecule has 4 aliphatic carbocycles. The number of halogens is 1. The SMILES string of the molecule is CCCCC(=O)O[C@@]1(C(=O)CO)[C@H](C)C[C@H]2[C@@H]3CC[C@@H]4CC(=O)C[C@@H](O)[C@]4(C)[C@@]3(F)CC[C@@]21C. The van der Waals surface area contributed by atoms with Crippen molar-refractivity contribution in [3.8, 4) is 0 Å². The van der Waals surface area contributed by atoms with E-state index in [-0.39, 0.29) is 42.8 Å². The van der Waals surface area contributed by atoms with Gasteiger partial charge < -0.3 is 14.9 Å². The van der Waals surface area contributed by atoms with E-state index in [0.29, 0.717) is 38.5 Å². The highest BCUT2D eigenvalue weighted by molar-refractivity contribution is 5.92. The van der Waals surface area contributed by atoms with Crippen LogP contribution in [0.2, 0.25) is 0 Å². The first-order chi connectivity index (χ1) is 15.9. The summed E-state index contributed by atoms with van der Waals surface area (Å²) in [7, 11) is 0. The fourth-order valence-electron chi connectivity index (χ4n) is 8.87. The smallest absolute Gasteiger partial charge is 0.306 e. The van der Waals surface area contributed by atoms with E-state index in [0.717, 1.165) is 6.42 Å². The van der Waals surface area contributed by atoms with E-state index in [4.69, 9.17) is 4.74 Å². The average molecular weight is 481 g/mol. The van der Waals surface area contributed by atoms with Gasteiger partial charge in [0.05, 0.1) is 6.10 Å². The number of alkyl halides is 1. The third-order valence-corrected chi connectivity index (χ3v) is 10.8. The van der Waals surface area contributed by atoms with Gasteiger partial charge in [0.1, 0.15) is 18.1 Å². The van der Waals surface area contributed by atoms with Gasteiger partial charge in [0.15, 0.2) is 5.60 Å². The lowest BCUT2D eigenvalue weighted by molar-refractivity contribution is -0.240. The minimum absolute atomic E-state index is 0.00119. The van der Waals surface area contributed by atoms with Crippen LogP contribution in [0.25, 0.3) is 0 Å². The van der Waals surface area contributed by atoms with E-state index in [1.54, 1.807) is 0 Å². The Balaban J connectivity index is 1.74. The summed E-state index contributed by atoms with van der Waals surface area (Å²) in [6.07, 6.45) is 3.20. The lowest BCUT2D eigenvalue weighted by Crippen LogP contribution is -2.69. The van der Waals surface area contributed by atoms with Gasteiger partial charge >= 0.3 is 5.97 Å². The van der Waals surface area contributed by atoms with Crippen molar-refractivity contribution in [1.82, 2.24) is 0 Å². The fourth-order valence-corrected chi connectivity index (χ4v) is 8.87. The molecule has 0 bridgehead atoms. The maximum absolute atomic E-state index is 17.3. The molecule has 0 aromatic rings. The Morgan fingerprint density at radius 1 is 1.15 bits per heavy atom. The van der Waals surface area contributed by atoms with Crippen LogP contribution in [0.15, 0.2) is 0 Å². The first-order valence-corrected chi connectivity index (χ1v) is 13.2. The number of ketones is 2. The van der Waals surface area contributed by atoms with Crippen LogP contribution in [0.4, 0.5) is 4.39 Å². The normalized spacial score (nSPS) is 48.0. The Morgan fingerprint density at radius 3 is 2.50 bits per heavy atom. The quantitative estimate of drug-likeness (QED) is 0.559. The summed E-state index contributed by atoms with van der Waals surface area (Å²) in [5, 5.41) is 20.9. The fraction of sp³-hybridized carbons (Fsp3) is 0.889. The second-order valence-electron chi connectivity index (χ2n) is 12.0. The number of hydrogen-bond acceptors (Lipinski definition) is 6. The zero-order chi connectivity index (χ0) is 25.1. The summed E-state index contributed by atoms with van der Waals surface area (Å²) in [5.74, 6) is -2.10. The molecule has 4 fully saturated rings. The van der Waals surface area contributed by atoms with Crippen LogP contribution in [0.5, 0.6) is 0 Å². The molecule has 4 aliphatic rings. The van der Waals surface area contributed by atoms with E-state index in [1.807, 2.05) is 27.7 Å². The number of ether oxygens (including phenoxy) is 1. The summed E-state index contributed by atoms with van der Waals surface area (Å²) < 4.78 is 23.4. The minimum Gasteiger partial charge on any atom is -0.450 e. The summed E-state index contributed by atoms with van der Waals surface area (Å²) in [5.41, 5.74) is -4.95. The molecule has 0 radical (unpaired) electrons. The number of aliphatic hydroxyl groups excluding tert-OH is 2. The van der Waals surface area contributed by atoms with Crippen molar-refractivity contribution in [1.29, 1.82) is 0 Å². The van der Waals surface area contributed by atoms with Crippen LogP contribution in [0, 0.1) is 34.5 Å². The van der Waals surface area contributed by atoms with Crippen molar-refractivity contribution in [3.05, 3.63) is 0 Å². The van der Waals surface area contributed by atoms with Crippen LogP contribution < -0.4 is 0 Å². The first kappa shape index (κ1) is 25.7. The molecule has 0 amide bonds. The predicted molar refractivity (Wildman–Crippen MR) is 123 cm³/mol. The van der Waals surface area contributed by atoms with Gasteiger partial charge in [0, 0.05) is 36.0 Å². The number of fused-ring (bicyclic) bond motifs is 5. The summed E-state index contributed by atoms with van der Waals surface area (Å²) >= 11 is 0. The monoisotopic (exact) mass is 480 g/mol. The number of carbonyl (C=O) groups excluding carboxylic acids is 3. The topological polar surface area (TPSA) is 101 Å². The minimum atomic E-state index is -1.66. The highest BCUT2D eigenvalue weighted by Crippen LogP contribution is 2.72. The molecule has 0 aromatic heterocycles. The zero-order valence-electron chi connectivity index (χ0n) is 21.1. The zero-order valence-corrected chi connectivity index (χ0v) is 21.1. The van der Waals surface area contributed by atoms with Crippen molar-refractivity contribution >= 4 is 17.5 Å². The van der Waals surface area contributed by atoms with Crippen molar-refractivity contribution < 1.29 is 33.7 Å². The third-order valence-electron chi connectivity index (χ3n) is 10.8. The maximum Gasteiger partial charge on any atom is 0.306 e. The van der Waals surface area contributed by atoms with E-state index in [1.165, 1.54) is 0 Å². The molecular formula is C27H41FO6. The van der Waals surface area contributed by atoms with Crippen LogP contribution in [0.3, 0.4) is 0 Å². The number of rotatable bonds is 6. The summed E-state index contributed by atoms with van der Waals surface area (Å²) in [4.78, 5) is 38.3. The lowest BCUT2D eigenvalue weighted by Gasteiger charge is -2.64. The van der Waals surface area contributed by atoms with Crippen molar-refractivity contribution in [3.63, 3.8) is 0 Å². The third kappa shape index (κ3) is 3.21. The molecule has 34 heavy (non-hydrogen) atoms. The van der Waals surface area contributed by atoms with Gasteiger partial charge in [0.25, 0.3) is 0 Å². The molecule has 7 heteroatoms. The van der Waals surface area contributed by atoms with Crippen LogP contribution >= 0.6 is 0 Å². The lowest BCUT2D eigenvalue weighted by atomic mass is 9.42. The van der Waals surface area contributed by atoms with Gasteiger partial charge in [0.2, 0.25) is 5.78 Å². The molecule has 4 saturated carbocycles. The van der Waals surface area contributed by atoms with Gasteiger partial charge in [-0.1, -0.05) is 34.1 Å². The molecule has 0 saturated heterocycles. The highest BCUT2D eigenvalue weighted by Gasteiger charge is 2.76. The number of carbonyl (C=O) groups is 3. The molecule has 0 spiro atoms. The van der Waals surface area contributed by atoms with Gasteiger partial charge in [-0.3, -0.25) is 14.4 Å². The Labute approximate surface area is 202 Å². The Bertz CT molecular complexity index is 860. The second kappa shape index (κ2) is 8.65. The highest BCUT2D eigenvalue weighted by atomic mass is 19.1. The van der Waals surface area contributed by atoms with Gasteiger partial charge in [-0.05, 0) is 56.3 Å². The summed E-state index contributed by atoms with van der Waals surface area (Å²) in [6.45, 7) is 6.89. The molecule has 0 heterocycles. The predicted octanol–water partition coefficient (Wildman–Crippen LogP) is 3.94. The van der Waals surface area contributed by atoms with Gasteiger partial charge in [-0.15, -0.1) is 0 Å². The van der Waals surface area contributed by atoms with Gasteiger partial charge in [-0.2, -0.15) is 0 Å². The first-order valence-electron chi connectivity index (χ1n) is 13.2. The summed E-state index contributed by atoms with van der Waals surface area (Å²) in [6, 6.07) is 0. The number of unbranched alkanes of at least 4 members (excludes halogenated alkanes) is 1. The second-order valence-corrected chi connectivity index (χ2v) is 12.0. The number of esters is 1.